The summed E-state index contributed by atoms with van der Waals surface area (Å²) in [5, 5.41) is 12.7. The highest BCUT2D eigenvalue weighted by Gasteiger charge is 2.65. The summed E-state index contributed by atoms with van der Waals surface area (Å²) in [6.45, 7) is 0. The second-order valence-electron chi connectivity index (χ2n) is 5.80. The molecule has 1 aliphatic carbocycles. The molecule has 2 aromatic carbocycles. The molecule has 2 atom stereocenters. The molecule has 4 rings (SSSR count). The van der Waals surface area contributed by atoms with Gasteiger partial charge in [0, 0.05) is 16.6 Å². The molecule has 0 saturated heterocycles. The molecular weight excluding hydrogens is 302 g/mol. The minimum Gasteiger partial charge on any atom is -0.478 e. The average molecular weight is 314 g/mol. The van der Waals surface area contributed by atoms with Crippen LogP contribution in [0.1, 0.15) is 33.8 Å². The van der Waals surface area contributed by atoms with Crippen LogP contribution < -0.4 is 5.32 Å². The Morgan fingerprint density at radius 1 is 1.27 bits per heavy atom. The van der Waals surface area contributed by atoms with E-state index >= 15 is 0 Å². The Morgan fingerprint density at radius 2 is 2.09 bits per heavy atom. The lowest BCUT2D eigenvalue weighted by Gasteiger charge is -2.09. The quantitative estimate of drug-likeness (QED) is 0.892. The van der Waals surface area contributed by atoms with Gasteiger partial charge in [0.05, 0.1) is 11.0 Å². The summed E-state index contributed by atoms with van der Waals surface area (Å²) in [6, 6.07) is 12.3. The van der Waals surface area contributed by atoms with E-state index in [4.69, 9.17) is 16.7 Å². The lowest BCUT2D eigenvalue weighted by atomic mass is 9.91. The molecule has 2 aromatic rings. The number of carbonyl (C=O) groups excluding carboxylic acids is 1. The van der Waals surface area contributed by atoms with Crippen LogP contribution in [-0.4, -0.2) is 17.0 Å². The molecule has 0 aromatic heterocycles. The molecule has 1 saturated carbocycles. The zero-order valence-corrected chi connectivity index (χ0v) is 12.2. The summed E-state index contributed by atoms with van der Waals surface area (Å²) in [6.07, 6.45) is 0.676. The fraction of sp³-hybridized carbons (Fsp3) is 0.176. The van der Waals surface area contributed by atoms with Crippen LogP contribution >= 0.6 is 11.6 Å². The number of halogens is 1. The van der Waals surface area contributed by atoms with E-state index in [9.17, 15) is 9.59 Å². The number of hydrogen-bond acceptors (Lipinski definition) is 2. The fourth-order valence-electron chi connectivity index (χ4n) is 3.45. The number of anilines is 1. The Kier molecular flexibility index (Phi) is 2.63. The molecule has 2 N–H and O–H groups in total. The maximum absolute atomic E-state index is 12.5. The van der Waals surface area contributed by atoms with E-state index < -0.39 is 11.4 Å². The van der Waals surface area contributed by atoms with Gasteiger partial charge in [-0.1, -0.05) is 23.7 Å². The molecule has 22 heavy (non-hydrogen) atoms. The summed E-state index contributed by atoms with van der Waals surface area (Å²) in [4.78, 5) is 23.7. The van der Waals surface area contributed by atoms with Crippen molar-refractivity contribution in [3.8, 4) is 0 Å². The normalized spacial score (nSPS) is 25.0. The van der Waals surface area contributed by atoms with Crippen molar-refractivity contribution in [3.63, 3.8) is 0 Å². The second kappa shape index (κ2) is 4.34. The van der Waals surface area contributed by atoms with Crippen molar-refractivity contribution in [2.75, 3.05) is 5.32 Å². The molecule has 0 radical (unpaired) electrons. The number of nitrogens with one attached hydrogen (secondary N) is 1. The predicted molar refractivity (Wildman–Crippen MR) is 82.5 cm³/mol. The largest absolute Gasteiger partial charge is 0.478 e. The lowest BCUT2D eigenvalue weighted by molar-refractivity contribution is -0.118. The average Bonchev–Trinajstić information content (AvgIpc) is 3.17. The standard InChI is InChI=1S/C17H12ClNO3/c18-11-3-1-2-9(6-11)13-8-17(13)12-7-10(15(20)21)4-5-14(12)19-16(17)22/h1-7,13H,8H2,(H,19,22)(H,20,21). The van der Waals surface area contributed by atoms with Crippen LogP contribution in [0, 0.1) is 0 Å². The molecule has 5 heteroatoms. The van der Waals surface area contributed by atoms with Crippen molar-refractivity contribution in [3.05, 3.63) is 64.2 Å². The van der Waals surface area contributed by atoms with Gasteiger partial charge >= 0.3 is 5.97 Å². The number of amides is 1. The number of carboxylic acid groups (broad SMARTS) is 1. The Balaban J connectivity index is 1.81. The zero-order chi connectivity index (χ0) is 15.5. The molecule has 2 aliphatic rings. The molecule has 0 bridgehead atoms. The first-order valence-electron chi connectivity index (χ1n) is 6.97. The summed E-state index contributed by atoms with van der Waals surface area (Å²) in [5.41, 5.74) is 2.05. The predicted octanol–water partition coefficient (Wildman–Crippen LogP) is 3.42. The van der Waals surface area contributed by atoms with Crippen molar-refractivity contribution in [1.29, 1.82) is 0 Å². The third kappa shape index (κ3) is 1.70. The summed E-state index contributed by atoms with van der Waals surface area (Å²) >= 11 is 6.04. The highest BCUT2D eigenvalue weighted by molar-refractivity contribution is 6.30. The minimum absolute atomic E-state index is 0.0384. The van der Waals surface area contributed by atoms with E-state index in [1.165, 1.54) is 6.07 Å². The second-order valence-corrected chi connectivity index (χ2v) is 6.24. The number of aromatic carboxylic acids is 1. The first-order valence-corrected chi connectivity index (χ1v) is 7.35. The number of fused-ring (bicyclic) bond motifs is 2. The number of rotatable bonds is 2. The van der Waals surface area contributed by atoms with Crippen molar-refractivity contribution in [1.82, 2.24) is 0 Å². The van der Waals surface area contributed by atoms with E-state index in [-0.39, 0.29) is 17.4 Å². The molecular formula is C17H12ClNO3. The SMILES string of the molecule is O=C(O)c1ccc2c(c1)C1(CC1c1cccc(Cl)c1)C(=O)N2. The van der Waals surface area contributed by atoms with E-state index in [0.29, 0.717) is 17.1 Å². The first kappa shape index (κ1) is 13.3. The van der Waals surface area contributed by atoms with Crippen LogP contribution in [0.25, 0.3) is 0 Å². The van der Waals surface area contributed by atoms with Crippen molar-refractivity contribution in [2.24, 2.45) is 0 Å². The summed E-state index contributed by atoms with van der Waals surface area (Å²) in [7, 11) is 0. The highest BCUT2D eigenvalue weighted by atomic mass is 35.5. The van der Waals surface area contributed by atoms with Crippen LogP contribution in [0.3, 0.4) is 0 Å². The Morgan fingerprint density at radius 3 is 2.82 bits per heavy atom. The molecule has 110 valence electrons. The van der Waals surface area contributed by atoms with Gasteiger partial charge in [-0.25, -0.2) is 4.79 Å². The topological polar surface area (TPSA) is 66.4 Å². The van der Waals surface area contributed by atoms with E-state index in [1.54, 1.807) is 18.2 Å². The lowest BCUT2D eigenvalue weighted by Crippen LogP contribution is -2.21. The maximum Gasteiger partial charge on any atom is 0.335 e. The monoisotopic (exact) mass is 313 g/mol. The number of carboxylic acids is 1. The summed E-state index contributed by atoms with van der Waals surface area (Å²) in [5.74, 6) is -1.01. The van der Waals surface area contributed by atoms with Crippen LogP contribution in [0.5, 0.6) is 0 Å². The van der Waals surface area contributed by atoms with Gasteiger partial charge in [-0.05, 0) is 47.9 Å². The minimum atomic E-state index is -0.989. The third-order valence-electron chi connectivity index (χ3n) is 4.61. The Hall–Kier alpha value is -2.33. The van der Waals surface area contributed by atoms with E-state index in [1.807, 2.05) is 18.2 Å². The first-order chi connectivity index (χ1) is 10.5. The van der Waals surface area contributed by atoms with Crippen LogP contribution in [0.15, 0.2) is 42.5 Å². The van der Waals surface area contributed by atoms with E-state index in [2.05, 4.69) is 5.32 Å². The van der Waals surface area contributed by atoms with Gasteiger partial charge in [-0.2, -0.15) is 0 Å². The Labute approximate surface area is 131 Å². The van der Waals surface area contributed by atoms with Gasteiger partial charge in [-0.3, -0.25) is 4.79 Å². The fourth-order valence-corrected chi connectivity index (χ4v) is 3.65. The van der Waals surface area contributed by atoms with Gasteiger partial charge < -0.3 is 10.4 Å². The van der Waals surface area contributed by atoms with Crippen LogP contribution in [0.2, 0.25) is 5.02 Å². The summed E-state index contributed by atoms with van der Waals surface area (Å²) < 4.78 is 0. The van der Waals surface area contributed by atoms with Crippen LogP contribution in [-0.2, 0) is 10.2 Å². The van der Waals surface area contributed by atoms with Gasteiger partial charge in [0.2, 0.25) is 5.91 Å². The van der Waals surface area contributed by atoms with Crippen molar-refractivity contribution < 1.29 is 14.7 Å². The van der Waals surface area contributed by atoms with Gasteiger partial charge in [0.1, 0.15) is 0 Å². The molecule has 1 spiro atoms. The van der Waals surface area contributed by atoms with Crippen molar-refractivity contribution in [2.45, 2.75) is 17.8 Å². The highest BCUT2D eigenvalue weighted by Crippen LogP contribution is 2.65. The molecule has 1 aliphatic heterocycles. The van der Waals surface area contributed by atoms with Gasteiger partial charge in [0.15, 0.2) is 0 Å². The molecule has 2 unspecified atom stereocenters. The van der Waals surface area contributed by atoms with Gasteiger partial charge in [-0.15, -0.1) is 0 Å². The molecule has 1 fully saturated rings. The van der Waals surface area contributed by atoms with Crippen molar-refractivity contribution >= 4 is 29.2 Å². The Bertz CT molecular complexity index is 832. The zero-order valence-electron chi connectivity index (χ0n) is 11.5. The smallest absolute Gasteiger partial charge is 0.335 e. The number of benzene rings is 2. The third-order valence-corrected chi connectivity index (χ3v) is 4.85. The number of hydrogen-bond donors (Lipinski definition) is 2. The number of carbonyl (C=O) groups is 2. The van der Waals surface area contributed by atoms with Gasteiger partial charge in [0.25, 0.3) is 0 Å². The van der Waals surface area contributed by atoms with E-state index in [0.717, 1.165) is 11.1 Å². The maximum atomic E-state index is 12.5. The molecule has 1 amide bonds. The molecule has 4 nitrogen and oxygen atoms in total. The molecule has 1 heterocycles. The van der Waals surface area contributed by atoms with Crippen LogP contribution in [0.4, 0.5) is 5.69 Å².